The predicted molar refractivity (Wildman–Crippen MR) is 76.9 cm³/mol. The minimum atomic E-state index is -0.804. The molecule has 20 heavy (non-hydrogen) atoms. The summed E-state index contributed by atoms with van der Waals surface area (Å²) in [4.78, 5) is 23.3. The van der Waals surface area contributed by atoms with Gasteiger partial charge >= 0.3 is 5.97 Å². The molecule has 0 radical (unpaired) electrons. The Balaban J connectivity index is 2.08. The fraction of sp³-hybridized carbons (Fsp3) is 0.462. The second kappa shape index (κ2) is 6.71. The monoisotopic (exact) mass is 296 g/mol. The Morgan fingerprint density at radius 3 is 3.05 bits per heavy atom. The topological polar surface area (TPSA) is 83.7 Å². The van der Waals surface area contributed by atoms with Crippen molar-refractivity contribution in [3.63, 3.8) is 0 Å². The van der Waals surface area contributed by atoms with E-state index in [4.69, 9.17) is 5.11 Å². The van der Waals surface area contributed by atoms with E-state index in [0.29, 0.717) is 6.54 Å². The van der Waals surface area contributed by atoms with Gasteiger partial charge in [0.25, 0.3) is 5.69 Å². The van der Waals surface area contributed by atoms with E-state index >= 15 is 0 Å². The van der Waals surface area contributed by atoms with Crippen LogP contribution in [0.2, 0.25) is 0 Å². The van der Waals surface area contributed by atoms with E-state index in [1.165, 1.54) is 6.07 Å². The zero-order chi connectivity index (χ0) is 14.5. The first-order valence-corrected chi connectivity index (χ1v) is 7.48. The van der Waals surface area contributed by atoms with E-state index < -0.39 is 10.9 Å². The lowest BCUT2D eigenvalue weighted by Crippen LogP contribution is -2.42. The van der Waals surface area contributed by atoms with E-state index in [0.717, 1.165) is 23.6 Å². The third-order valence-electron chi connectivity index (χ3n) is 3.27. The fourth-order valence-electron chi connectivity index (χ4n) is 2.29. The molecule has 6 nitrogen and oxygen atoms in total. The number of carbonyl (C=O) groups is 1. The van der Waals surface area contributed by atoms with Crippen molar-refractivity contribution in [3.8, 4) is 0 Å². The van der Waals surface area contributed by atoms with Crippen LogP contribution in [-0.2, 0) is 11.3 Å². The van der Waals surface area contributed by atoms with Crippen molar-refractivity contribution in [1.82, 2.24) is 4.90 Å². The second-order valence-corrected chi connectivity index (χ2v) is 5.87. The molecule has 1 aliphatic rings. The highest BCUT2D eigenvalue weighted by Crippen LogP contribution is 2.22. The smallest absolute Gasteiger partial charge is 0.304 e. The van der Waals surface area contributed by atoms with Crippen molar-refractivity contribution in [2.45, 2.75) is 19.0 Å². The number of rotatable bonds is 5. The van der Waals surface area contributed by atoms with Crippen LogP contribution < -0.4 is 0 Å². The molecule has 1 aliphatic heterocycles. The molecule has 1 unspecified atom stereocenters. The van der Waals surface area contributed by atoms with Crippen molar-refractivity contribution >= 4 is 23.4 Å². The van der Waals surface area contributed by atoms with Crippen LogP contribution in [0, 0.1) is 10.1 Å². The molecular formula is C13H16N2O4S. The van der Waals surface area contributed by atoms with Gasteiger partial charge in [0, 0.05) is 42.8 Å². The van der Waals surface area contributed by atoms with Crippen LogP contribution in [0.3, 0.4) is 0 Å². The predicted octanol–water partition coefficient (Wildman–Crippen LogP) is 1.99. The van der Waals surface area contributed by atoms with E-state index in [-0.39, 0.29) is 18.2 Å². The van der Waals surface area contributed by atoms with E-state index in [1.54, 1.807) is 23.9 Å². The lowest BCUT2D eigenvalue weighted by molar-refractivity contribution is -0.384. The molecule has 7 heteroatoms. The van der Waals surface area contributed by atoms with Crippen LogP contribution in [0.15, 0.2) is 24.3 Å². The molecule has 1 atom stereocenters. The van der Waals surface area contributed by atoms with E-state index in [9.17, 15) is 14.9 Å². The van der Waals surface area contributed by atoms with Gasteiger partial charge in [-0.2, -0.15) is 11.8 Å². The summed E-state index contributed by atoms with van der Waals surface area (Å²) in [5.74, 6) is 0.952. The molecule has 1 fully saturated rings. The fourth-order valence-corrected chi connectivity index (χ4v) is 3.42. The average molecular weight is 296 g/mol. The third kappa shape index (κ3) is 3.94. The lowest BCUT2D eigenvalue weighted by atomic mass is 10.1. The molecule has 1 heterocycles. The molecular weight excluding hydrogens is 280 g/mol. The summed E-state index contributed by atoms with van der Waals surface area (Å²) in [6.07, 6.45) is 0.113. The number of carboxylic acids is 1. The Morgan fingerprint density at radius 1 is 1.55 bits per heavy atom. The lowest BCUT2D eigenvalue weighted by Gasteiger charge is -2.34. The Kier molecular flexibility index (Phi) is 4.97. The van der Waals surface area contributed by atoms with Gasteiger partial charge in [-0.1, -0.05) is 12.1 Å². The number of benzene rings is 1. The maximum Gasteiger partial charge on any atom is 0.304 e. The van der Waals surface area contributed by atoms with Crippen molar-refractivity contribution in [1.29, 1.82) is 0 Å². The SMILES string of the molecule is O=C(O)CC1CSCCN1Cc1cccc([N+](=O)[O-])c1. The minimum Gasteiger partial charge on any atom is -0.481 e. The number of nitro groups is 1. The van der Waals surface area contributed by atoms with Gasteiger partial charge < -0.3 is 5.11 Å². The number of nitro benzene ring substituents is 1. The van der Waals surface area contributed by atoms with Gasteiger partial charge in [0.2, 0.25) is 0 Å². The molecule has 108 valence electrons. The van der Waals surface area contributed by atoms with E-state index in [2.05, 4.69) is 4.90 Å². The van der Waals surface area contributed by atoms with Gasteiger partial charge in [-0.05, 0) is 5.56 Å². The molecule has 0 aromatic heterocycles. The van der Waals surface area contributed by atoms with Crippen molar-refractivity contribution in [2.75, 3.05) is 18.1 Å². The van der Waals surface area contributed by atoms with Gasteiger partial charge in [-0.3, -0.25) is 19.8 Å². The molecule has 0 saturated carbocycles. The molecule has 0 spiro atoms. The molecule has 1 saturated heterocycles. The van der Waals surface area contributed by atoms with Crippen molar-refractivity contribution in [2.24, 2.45) is 0 Å². The summed E-state index contributed by atoms with van der Waals surface area (Å²) in [5.41, 5.74) is 0.921. The Morgan fingerprint density at radius 2 is 2.35 bits per heavy atom. The van der Waals surface area contributed by atoms with Crippen LogP contribution >= 0.6 is 11.8 Å². The normalized spacial score (nSPS) is 19.7. The molecule has 0 amide bonds. The van der Waals surface area contributed by atoms with Gasteiger partial charge in [0.1, 0.15) is 0 Å². The summed E-state index contributed by atoms with van der Waals surface area (Å²) >= 11 is 1.75. The van der Waals surface area contributed by atoms with E-state index in [1.807, 2.05) is 6.07 Å². The highest BCUT2D eigenvalue weighted by Gasteiger charge is 2.25. The molecule has 1 aromatic rings. The summed E-state index contributed by atoms with van der Waals surface area (Å²) in [7, 11) is 0. The summed E-state index contributed by atoms with van der Waals surface area (Å²) < 4.78 is 0. The standard InChI is InChI=1S/C13H16N2O4S/c16-13(17)7-12-9-20-5-4-14(12)8-10-2-1-3-11(6-10)15(18)19/h1-3,6,12H,4-5,7-9H2,(H,16,17). The summed E-state index contributed by atoms with van der Waals surface area (Å²) in [6.45, 7) is 1.37. The number of non-ortho nitro benzene ring substituents is 1. The molecule has 1 N–H and O–H groups in total. The first kappa shape index (κ1) is 14.8. The minimum absolute atomic E-state index is 0.00878. The molecule has 1 aromatic carbocycles. The number of hydrogen-bond donors (Lipinski definition) is 1. The summed E-state index contributed by atoms with van der Waals surface area (Å²) in [5, 5.41) is 19.7. The van der Waals surface area contributed by atoms with Crippen molar-refractivity contribution < 1.29 is 14.8 Å². The van der Waals surface area contributed by atoms with Gasteiger partial charge in [-0.15, -0.1) is 0 Å². The highest BCUT2D eigenvalue weighted by molar-refractivity contribution is 7.99. The quantitative estimate of drug-likeness (QED) is 0.661. The first-order valence-electron chi connectivity index (χ1n) is 6.33. The first-order chi connectivity index (χ1) is 9.56. The maximum absolute atomic E-state index is 10.9. The third-order valence-corrected chi connectivity index (χ3v) is 4.36. The number of hydrogen-bond acceptors (Lipinski definition) is 5. The Bertz CT molecular complexity index is 509. The van der Waals surface area contributed by atoms with Crippen molar-refractivity contribution in [3.05, 3.63) is 39.9 Å². The molecule has 2 rings (SSSR count). The zero-order valence-corrected chi connectivity index (χ0v) is 11.7. The second-order valence-electron chi connectivity index (χ2n) is 4.72. The Hall–Kier alpha value is -1.60. The van der Waals surface area contributed by atoms with Crippen LogP contribution in [0.5, 0.6) is 0 Å². The van der Waals surface area contributed by atoms with Gasteiger partial charge in [0.05, 0.1) is 11.3 Å². The molecule has 0 aliphatic carbocycles. The number of carboxylic acid groups (broad SMARTS) is 1. The Labute approximate surface area is 120 Å². The summed E-state index contributed by atoms with van der Waals surface area (Å²) in [6, 6.07) is 6.51. The number of nitrogens with zero attached hydrogens (tertiary/aromatic N) is 2. The van der Waals surface area contributed by atoms with Crippen LogP contribution in [-0.4, -0.2) is 45.0 Å². The van der Waals surface area contributed by atoms with Crippen LogP contribution in [0.1, 0.15) is 12.0 Å². The largest absolute Gasteiger partial charge is 0.481 e. The van der Waals surface area contributed by atoms with Crippen LogP contribution in [0.25, 0.3) is 0 Å². The van der Waals surface area contributed by atoms with Crippen LogP contribution in [0.4, 0.5) is 5.69 Å². The number of aliphatic carboxylic acids is 1. The van der Waals surface area contributed by atoms with Gasteiger partial charge in [-0.25, -0.2) is 0 Å². The van der Waals surface area contributed by atoms with Gasteiger partial charge in [0.15, 0.2) is 0 Å². The average Bonchev–Trinajstić information content (AvgIpc) is 2.41. The maximum atomic E-state index is 10.9. The molecule has 0 bridgehead atoms. The number of thioether (sulfide) groups is 1. The zero-order valence-electron chi connectivity index (χ0n) is 10.9. The highest BCUT2D eigenvalue weighted by atomic mass is 32.2.